The van der Waals surface area contributed by atoms with Gasteiger partial charge in [-0.05, 0) is 32.0 Å². The first-order valence-electron chi connectivity index (χ1n) is 6.27. The predicted octanol–water partition coefficient (Wildman–Crippen LogP) is 3.45. The van der Waals surface area contributed by atoms with Crippen LogP contribution in [0.25, 0.3) is 0 Å². The van der Waals surface area contributed by atoms with Crippen LogP contribution in [0.1, 0.15) is 28.5 Å². The molecule has 106 valence electrons. The standard InChI is InChI=1S/C14H15Cl2N3O/c1-3-19-9(2)10(8-18-19)7-17-14(20)12-5-4-11(15)6-13(12)16/h4-6,8H,3,7H2,1-2H3,(H,17,20). The first-order chi connectivity index (χ1) is 9.52. The van der Waals surface area contributed by atoms with Crippen LogP contribution >= 0.6 is 23.2 Å². The first-order valence-corrected chi connectivity index (χ1v) is 7.03. The van der Waals surface area contributed by atoms with Crippen molar-refractivity contribution in [2.45, 2.75) is 26.9 Å². The molecular formula is C14H15Cl2N3O. The van der Waals surface area contributed by atoms with Crippen LogP contribution in [0, 0.1) is 6.92 Å². The summed E-state index contributed by atoms with van der Waals surface area (Å²) >= 11 is 11.8. The van der Waals surface area contributed by atoms with Gasteiger partial charge >= 0.3 is 0 Å². The summed E-state index contributed by atoms with van der Waals surface area (Å²) < 4.78 is 1.89. The van der Waals surface area contributed by atoms with E-state index in [1.165, 1.54) is 0 Å². The van der Waals surface area contributed by atoms with Crippen LogP contribution in [0.4, 0.5) is 0 Å². The van der Waals surface area contributed by atoms with Crippen LogP contribution < -0.4 is 5.32 Å². The molecule has 0 spiro atoms. The Kier molecular flexibility index (Phi) is 4.68. The number of carbonyl (C=O) groups is 1. The van der Waals surface area contributed by atoms with Gasteiger partial charge in [0, 0.05) is 29.4 Å². The van der Waals surface area contributed by atoms with Gasteiger partial charge in [-0.15, -0.1) is 0 Å². The highest BCUT2D eigenvalue weighted by atomic mass is 35.5. The number of aromatic nitrogens is 2. The molecule has 2 aromatic rings. The molecule has 20 heavy (non-hydrogen) atoms. The molecule has 0 fully saturated rings. The Bertz CT molecular complexity index is 637. The van der Waals surface area contributed by atoms with E-state index in [2.05, 4.69) is 10.4 Å². The molecule has 0 saturated heterocycles. The van der Waals surface area contributed by atoms with Crippen molar-refractivity contribution in [1.29, 1.82) is 0 Å². The molecule has 1 aromatic heterocycles. The van der Waals surface area contributed by atoms with Crippen molar-refractivity contribution in [2.75, 3.05) is 0 Å². The number of nitrogens with one attached hydrogen (secondary N) is 1. The van der Waals surface area contributed by atoms with Crippen LogP contribution in [0.2, 0.25) is 10.0 Å². The maximum atomic E-state index is 12.1. The van der Waals surface area contributed by atoms with Gasteiger partial charge in [0.05, 0.1) is 16.8 Å². The van der Waals surface area contributed by atoms with E-state index in [1.807, 2.05) is 18.5 Å². The number of nitrogens with zero attached hydrogens (tertiary/aromatic N) is 2. The minimum atomic E-state index is -0.227. The van der Waals surface area contributed by atoms with Crippen molar-refractivity contribution in [3.05, 3.63) is 51.3 Å². The Labute approximate surface area is 127 Å². The summed E-state index contributed by atoms with van der Waals surface area (Å²) in [5, 5.41) is 7.92. The molecule has 1 aromatic carbocycles. The molecule has 0 aliphatic rings. The lowest BCUT2D eigenvalue weighted by molar-refractivity contribution is 0.0951. The van der Waals surface area contributed by atoms with Crippen molar-refractivity contribution in [1.82, 2.24) is 15.1 Å². The van der Waals surface area contributed by atoms with Gasteiger partial charge in [0.15, 0.2) is 0 Å². The average molecular weight is 312 g/mol. The number of halogens is 2. The van der Waals surface area contributed by atoms with Gasteiger partial charge in [-0.1, -0.05) is 23.2 Å². The summed E-state index contributed by atoms with van der Waals surface area (Å²) in [5.74, 6) is -0.227. The molecule has 1 amide bonds. The zero-order valence-corrected chi connectivity index (χ0v) is 12.8. The highest BCUT2D eigenvalue weighted by molar-refractivity contribution is 6.36. The number of aryl methyl sites for hydroxylation is 1. The Morgan fingerprint density at radius 1 is 1.40 bits per heavy atom. The molecular weight excluding hydrogens is 297 g/mol. The number of benzene rings is 1. The van der Waals surface area contributed by atoms with E-state index in [1.54, 1.807) is 24.4 Å². The predicted molar refractivity (Wildman–Crippen MR) is 80.3 cm³/mol. The van der Waals surface area contributed by atoms with E-state index in [9.17, 15) is 4.79 Å². The second kappa shape index (κ2) is 6.29. The molecule has 4 nitrogen and oxygen atoms in total. The van der Waals surface area contributed by atoms with E-state index in [4.69, 9.17) is 23.2 Å². The molecule has 0 bridgehead atoms. The molecule has 1 N–H and O–H groups in total. The van der Waals surface area contributed by atoms with Crippen LogP contribution in [0.15, 0.2) is 24.4 Å². The molecule has 6 heteroatoms. The van der Waals surface area contributed by atoms with Gasteiger partial charge in [-0.3, -0.25) is 9.48 Å². The number of amides is 1. The second-order valence-corrected chi connectivity index (χ2v) is 5.22. The van der Waals surface area contributed by atoms with E-state index in [-0.39, 0.29) is 5.91 Å². The molecule has 0 unspecified atom stereocenters. The van der Waals surface area contributed by atoms with Gasteiger partial charge in [-0.2, -0.15) is 5.10 Å². The molecule has 1 heterocycles. The third-order valence-electron chi connectivity index (χ3n) is 3.12. The zero-order chi connectivity index (χ0) is 14.7. The Balaban J connectivity index is 2.06. The lowest BCUT2D eigenvalue weighted by atomic mass is 10.2. The summed E-state index contributed by atoms with van der Waals surface area (Å²) in [4.78, 5) is 12.1. The normalized spacial score (nSPS) is 10.6. The van der Waals surface area contributed by atoms with Crippen molar-refractivity contribution >= 4 is 29.1 Å². The van der Waals surface area contributed by atoms with Crippen molar-refractivity contribution in [3.8, 4) is 0 Å². The molecule has 0 aliphatic heterocycles. The van der Waals surface area contributed by atoms with Gasteiger partial charge in [-0.25, -0.2) is 0 Å². The first kappa shape index (κ1) is 14.9. The number of hydrogen-bond donors (Lipinski definition) is 1. The van der Waals surface area contributed by atoms with E-state index >= 15 is 0 Å². The fraction of sp³-hybridized carbons (Fsp3) is 0.286. The number of hydrogen-bond acceptors (Lipinski definition) is 2. The Hall–Kier alpha value is -1.52. The third kappa shape index (κ3) is 3.14. The highest BCUT2D eigenvalue weighted by Gasteiger charge is 2.12. The van der Waals surface area contributed by atoms with Crippen molar-refractivity contribution in [3.63, 3.8) is 0 Å². The number of carbonyl (C=O) groups excluding carboxylic acids is 1. The zero-order valence-electron chi connectivity index (χ0n) is 11.3. The van der Waals surface area contributed by atoms with Crippen molar-refractivity contribution < 1.29 is 4.79 Å². The summed E-state index contributed by atoms with van der Waals surface area (Å²) in [6.07, 6.45) is 1.77. The highest BCUT2D eigenvalue weighted by Crippen LogP contribution is 2.21. The Morgan fingerprint density at radius 3 is 2.75 bits per heavy atom. The summed E-state index contributed by atoms with van der Waals surface area (Å²) in [6, 6.07) is 4.81. The number of rotatable bonds is 4. The topological polar surface area (TPSA) is 46.9 Å². The fourth-order valence-corrected chi connectivity index (χ4v) is 2.42. The molecule has 0 aliphatic carbocycles. The average Bonchev–Trinajstić information content (AvgIpc) is 2.76. The minimum Gasteiger partial charge on any atom is -0.348 e. The van der Waals surface area contributed by atoms with Crippen LogP contribution in [0.5, 0.6) is 0 Å². The molecule has 0 atom stereocenters. The third-order valence-corrected chi connectivity index (χ3v) is 3.67. The molecule has 0 radical (unpaired) electrons. The fourth-order valence-electron chi connectivity index (χ4n) is 1.92. The molecule has 0 saturated carbocycles. The SMILES string of the molecule is CCn1ncc(CNC(=O)c2ccc(Cl)cc2Cl)c1C. The van der Waals surface area contributed by atoms with Gasteiger partial charge in [0.25, 0.3) is 5.91 Å². The van der Waals surface area contributed by atoms with E-state index < -0.39 is 0 Å². The lowest BCUT2D eigenvalue weighted by Gasteiger charge is -2.07. The largest absolute Gasteiger partial charge is 0.348 e. The second-order valence-electron chi connectivity index (χ2n) is 4.38. The smallest absolute Gasteiger partial charge is 0.253 e. The summed E-state index contributed by atoms with van der Waals surface area (Å²) in [5.41, 5.74) is 2.46. The maximum absolute atomic E-state index is 12.1. The van der Waals surface area contributed by atoms with Crippen LogP contribution in [-0.4, -0.2) is 15.7 Å². The Morgan fingerprint density at radius 2 is 2.15 bits per heavy atom. The molecule has 2 rings (SSSR count). The van der Waals surface area contributed by atoms with E-state index in [0.29, 0.717) is 22.2 Å². The van der Waals surface area contributed by atoms with Gasteiger partial charge in [0.2, 0.25) is 0 Å². The summed E-state index contributed by atoms with van der Waals surface area (Å²) in [7, 11) is 0. The van der Waals surface area contributed by atoms with Crippen LogP contribution in [0.3, 0.4) is 0 Å². The maximum Gasteiger partial charge on any atom is 0.253 e. The van der Waals surface area contributed by atoms with Gasteiger partial charge < -0.3 is 5.32 Å². The van der Waals surface area contributed by atoms with E-state index in [0.717, 1.165) is 17.8 Å². The minimum absolute atomic E-state index is 0.227. The van der Waals surface area contributed by atoms with Gasteiger partial charge in [0.1, 0.15) is 0 Å². The lowest BCUT2D eigenvalue weighted by Crippen LogP contribution is -2.23. The van der Waals surface area contributed by atoms with Crippen molar-refractivity contribution in [2.24, 2.45) is 0 Å². The van der Waals surface area contributed by atoms with Crippen LogP contribution in [-0.2, 0) is 13.1 Å². The quantitative estimate of drug-likeness (QED) is 0.940. The summed E-state index contributed by atoms with van der Waals surface area (Å²) in [6.45, 7) is 5.23. The monoisotopic (exact) mass is 311 g/mol.